The highest BCUT2D eigenvalue weighted by Gasteiger charge is 2.31. The zero-order valence-electron chi connectivity index (χ0n) is 20.2. The smallest absolute Gasteiger partial charge is 0.248 e. The highest BCUT2D eigenvalue weighted by Crippen LogP contribution is 2.34. The maximum absolute atomic E-state index is 12.3. The van der Waals surface area contributed by atoms with Crippen molar-refractivity contribution in [2.45, 2.75) is 46.7 Å². The van der Waals surface area contributed by atoms with Gasteiger partial charge in [-0.2, -0.15) is 0 Å². The number of piperazine rings is 1. The first-order valence-corrected chi connectivity index (χ1v) is 11.6. The van der Waals surface area contributed by atoms with Crippen molar-refractivity contribution in [3.05, 3.63) is 65.7 Å². The van der Waals surface area contributed by atoms with Crippen molar-refractivity contribution in [3.8, 4) is 0 Å². The van der Waals surface area contributed by atoms with Gasteiger partial charge in [0.15, 0.2) is 0 Å². The van der Waals surface area contributed by atoms with Gasteiger partial charge >= 0.3 is 0 Å². The van der Waals surface area contributed by atoms with Crippen LogP contribution in [0.25, 0.3) is 0 Å². The van der Waals surface area contributed by atoms with E-state index in [9.17, 15) is 9.59 Å². The van der Waals surface area contributed by atoms with Crippen LogP contribution >= 0.6 is 0 Å². The lowest BCUT2D eigenvalue weighted by atomic mass is 9.95. The van der Waals surface area contributed by atoms with Crippen LogP contribution in [0.5, 0.6) is 0 Å². The number of nitrogens with one attached hydrogen (secondary N) is 2. The summed E-state index contributed by atoms with van der Waals surface area (Å²) < 4.78 is 0. The largest absolute Gasteiger partial charge is 0.366 e. The van der Waals surface area contributed by atoms with Crippen molar-refractivity contribution < 1.29 is 9.59 Å². The first-order chi connectivity index (χ1) is 15.6. The normalized spacial score (nSPS) is 21.2. The molecule has 1 fully saturated rings. The molecule has 2 N–H and O–H groups in total. The van der Waals surface area contributed by atoms with Crippen LogP contribution in [0, 0.1) is 12.3 Å². The summed E-state index contributed by atoms with van der Waals surface area (Å²) >= 11 is 0. The van der Waals surface area contributed by atoms with E-state index in [-0.39, 0.29) is 17.9 Å². The Morgan fingerprint density at radius 2 is 1.88 bits per heavy atom. The predicted octanol–water partition coefficient (Wildman–Crippen LogP) is 4.74. The van der Waals surface area contributed by atoms with E-state index in [1.54, 1.807) is 6.08 Å². The average molecular weight is 447 g/mol. The molecule has 2 aromatic carbocycles. The Kier molecular flexibility index (Phi) is 6.30. The number of para-hydroxylation sites is 1. The monoisotopic (exact) mass is 446 g/mol. The van der Waals surface area contributed by atoms with Gasteiger partial charge in [-0.15, -0.1) is 0 Å². The minimum atomic E-state index is -0.428. The van der Waals surface area contributed by atoms with Gasteiger partial charge in [-0.25, -0.2) is 0 Å². The fourth-order valence-electron chi connectivity index (χ4n) is 4.61. The standard InChI is InChI=1S/C27H34N4O2/c1-18-16-20(28-26(33)27(3,4)5)10-11-23(18)31-15-14-30(17-19(31)2)24-12-13-25(32)29-22-9-7-6-8-21(22)24/h6-13,16,19,24H,14-15,17H2,1-5H3,(H,28,33)(H,29,32). The molecule has 33 heavy (non-hydrogen) atoms. The van der Waals surface area contributed by atoms with Crippen LogP contribution in [0.4, 0.5) is 17.1 Å². The van der Waals surface area contributed by atoms with Crippen LogP contribution in [-0.4, -0.2) is 42.4 Å². The number of benzene rings is 2. The molecule has 6 nitrogen and oxygen atoms in total. The number of fused-ring (bicyclic) bond motifs is 1. The quantitative estimate of drug-likeness (QED) is 0.715. The number of carbonyl (C=O) groups is 2. The Morgan fingerprint density at radius 1 is 1.12 bits per heavy atom. The second-order valence-electron chi connectivity index (χ2n) is 10.1. The SMILES string of the molecule is Cc1cc(NC(=O)C(C)(C)C)ccc1N1CCN(C2C=CC(=O)Nc3ccccc32)CC1C. The van der Waals surface area contributed by atoms with Gasteiger partial charge in [-0.3, -0.25) is 14.5 Å². The first-order valence-electron chi connectivity index (χ1n) is 11.6. The number of anilines is 3. The van der Waals surface area contributed by atoms with E-state index in [4.69, 9.17) is 0 Å². The Hall–Kier alpha value is -3.12. The Balaban J connectivity index is 1.50. The molecule has 174 valence electrons. The van der Waals surface area contributed by atoms with Crippen molar-refractivity contribution in [1.29, 1.82) is 0 Å². The molecule has 4 rings (SSSR count). The van der Waals surface area contributed by atoms with E-state index in [1.165, 1.54) is 5.69 Å². The Morgan fingerprint density at radius 3 is 2.58 bits per heavy atom. The lowest BCUT2D eigenvalue weighted by Crippen LogP contribution is -2.52. The topological polar surface area (TPSA) is 64.7 Å². The summed E-state index contributed by atoms with van der Waals surface area (Å²) in [6.07, 6.45) is 3.66. The number of hydrogen-bond acceptors (Lipinski definition) is 4. The number of nitrogens with zero attached hydrogens (tertiary/aromatic N) is 2. The van der Waals surface area contributed by atoms with Crippen LogP contribution < -0.4 is 15.5 Å². The van der Waals surface area contributed by atoms with Crippen molar-refractivity contribution in [1.82, 2.24) is 4.90 Å². The molecule has 2 unspecified atom stereocenters. The molecule has 2 aromatic rings. The molecule has 0 radical (unpaired) electrons. The number of rotatable bonds is 3. The van der Waals surface area contributed by atoms with Crippen molar-refractivity contribution in [2.24, 2.45) is 5.41 Å². The van der Waals surface area contributed by atoms with Gasteiger partial charge in [-0.05, 0) is 49.2 Å². The zero-order chi connectivity index (χ0) is 23.8. The van der Waals surface area contributed by atoms with Gasteiger partial charge in [0.2, 0.25) is 11.8 Å². The number of carbonyl (C=O) groups excluding carboxylic acids is 2. The van der Waals surface area contributed by atoms with E-state index < -0.39 is 5.41 Å². The Labute approximate surface area is 196 Å². The van der Waals surface area contributed by atoms with Gasteiger partial charge in [0.25, 0.3) is 0 Å². The van der Waals surface area contributed by atoms with Gasteiger partial charge in [-0.1, -0.05) is 45.0 Å². The number of hydrogen-bond donors (Lipinski definition) is 2. The average Bonchev–Trinajstić information content (AvgIpc) is 2.92. The molecule has 2 heterocycles. The molecular formula is C27H34N4O2. The fraction of sp³-hybridized carbons (Fsp3) is 0.407. The van der Waals surface area contributed by atoms with E-state index in [1.807, 2.05) is 51.1 Å². The van der Waals surface area contributed by atoms with Crippen LogP contribution in [0.1, 0.15) is 44.9 Å². The molecule has 0 saturated carbocycles. The summed E-state index contributed by atoms with van der Waals surface area (Å²) in [7, 11) is 0. The molecule has 2 amide bonds. The lowest BCUT2D eigenvalue weighted by molar-refractivity contribution is -0.123. The van der Waals surface area contributed by atoms with Crippen molar-refractivity contribution in [3.63, 3.8) is 0 Å². The molecular weight excluding hydrogens is 412 g/mol. The van der Waals surface area contributed by atoms with Gasteiger partial charge in [0.05, 0.1) is 6.04 Å². The van der Waals surface area contributed by atoms with E-state index in [2.05, 4.69) is 52.5 Å². The highest BCUT2D eigenvalue weighted by molar-refractivity contribution is 6.00. The first kappa shape index (κ1) is 23.1. The van der Waals surface area contributed by atoms with Crippen molar-refractivity contribution in [2.75, 3.05) is 35.2 Å². The third kappa shape index (κ3) is 4.96. The number of aryl methyl sites for hydroxylation is 1. The van der Waals surface area contributed by atoms with Crippen LogP contribution in [0.3, 0.4) is 0 Å². The van der Waals surface area contributed by atoms with Gasteiger partial charge in [0.1, 0.15) is 0 Å². The van der Waals surface area contributed by atoms with E-state index in [0.29, 0.717) is 6.04 Å². The van der Waals surface area contributed by atoms with E-state index >= 15 is 0 Å². The Bertz CT molecular complexity index is 1090. The maximum atomic E-state index is 12.3. The molecule has 0 aromatic heterocycles. The molecule has 6 heteroatoms. The molecule has 2 atom stereocenters. The van der Waals surface area contributed by atoms with Crippen LogP contribution in [0.15, 0.2) is 54.6 Å². The zero-order valence-corrected chi connectivity index (χ0v) is 20.2. The summed E-state index contributed by atoms with van der Waals surface area (Å²) in [6.45, 7) is 12.8. The molecule has 2 aliphatic heterocycles. The molecule has 0 bridgehead atoms. The molecule has 0 spiro atoms. The summed E-state index contributed by atoms with van der Waals surface area (Å²) in [5.41, 5.74) is 4.77. The third-order valence-corrected chi connectivity index (χ3v) is 6.46. The number of amides is 2. The fourth-order valence-corrected chi connectivity index (χ4v) is 4.61. The minimum Gasteiger partial charge on any atom is -0.366 e. The van der Waals surface area contributed by atoms with Crippen molar-refractivity contribution >= 4 is 28.9 Å². The summed E-state index contributed by atoms with van der Waals surface area (Å²) in [5.74, 6) is -0.0627. The second kappa shape index (κ2) is 9.02. The molecule has 2 aliphatic rings. The van der Waals surface area contributed by atoms with E-state index in [0.717, 1.165) is 42.1 Å². The van der Waals surface area contributed by atoms with Crippen LogP contribution in [-0.2, 0) is 9.59 Å². The lowest BCUT2D eigenvalue weighted by Gasteiger charge is -2.44. The maximum Gasteiger partial charge on any atom is 0.248 e. The van der Waals surface area contributed by atoms with Gasteiger partial charge in [0, 0.05) is 54.2 Å². The second-order valence-corrected chi connectivity index (χ2v) is 10.1. The van der Waals surface area contributed by atoms with Crippen LogP contribution in [0.2, 0.25) is 0 Å². The summed E-state index contributed by atoms with van der Waals surface area (Å²) in [5, 5.41) is 6.01. The summed E-state index contributed by atoms with van der Waals surface area (Å²) in [4.78, 5) is 29.3. The molecule has 0 aliphatic carbocycles. The molecule has 1 saturated heterocycles. The highest BCUT2D eigenvalue weighted by atomic mass is 16.2. The van der Waals surface area contributed by atoms with Gasteiger partial charge < -0.3 is 15.5 Å². The summed E-state index contributed by atoms with van der Waals surface area (Å²) in [6, 6.07) is 14.6. The third-order valence-electron chi connectivity index (χ3n) is 6.46. The minimum absolute atomic E-state index is 0.0151. The predicted molar refractivity (Wildman–Crippen MR) is 135 cm³/mol.